The Morgan fingerprint density at radius 1 is 1.14 bits per heavy atom. The Morgan fingerprint density at radius 3 is 2.48 bits per heavy atom. The second-order valence-electron chi connectivity index (χ2n) is 5.55. The Morgan fingerprint density at radius 2 is 1.81 bits per heavy atom. The number of rotatable bonds is 3. The first-order valence-electron chi connectivity index (χ1n) is 7.21. The van der Waals surface area contributed by atoms with Crippen LogP contribution in [0.1, 0.15) is 24.1 Å². The standard InChI is InChI=1S/C17H20N4/c1-11-8-15-16(9-12(11)2)21(13(3)10-18)17(20-15)14-4-6-19-7-5-14/h4-9,13H,10,18H2,1-3H3. The summed E-state index contributed by atoms with van der Waals surface area (Å²) < 4.78 is 2.23. The molecule has 1 unspecified atom stereocenters. The highest BCUT2D eigenvalue weighted by atomic mass is 15.1. The SMILES string of the molecule is Cc1cc2nc(-c3ccncc3)n(C(C)CN)c2cc1C. The maximum atomic E-state index is 5.91. The van der Waals surface area contributed by atoms with Crippen LogP contribution in [0.4, 0.5) is 0 Å². The highest BCUT2D eigenvalue weighted by molar-refractivity contribution is 5.82. The van der Waals surface area contributed by atoms with Gasteiger partial charge in [0.25, 0.3) is 0 Å². The zero-order chi connectivity index (χ0) is 15.0. The van der Waals surface area contributed by atoms with Gasteiger partial charge in [0.15, 0.2) is 0 Å². The highest BCUT2D eigenvalue weighted by Crippen LogP contribution is 2.29. The summed E-state index contributed by atoms with van der Waals surface area (Å²) in [7, 11) is 0. The lowest BCUT2D eigenvalue weighted by atomic mass is 10.1. The summed E-state index contributed by atoms with van der Waals surface area (Å²) in [6, 6.07) is 8.52. The molecule has 2 aromatic heterocycles. The average molecular weight is 280 g/mol. The fraction of sp³-hybridized carbons (Fsp3) is 0.294. The van der Waals surface area contributed by atoms with E-state index in [4.69, 9.17) is 10.7 Å². The third kappa shape index (κ3) is 2.32. The lowest BCUT2D eigenvalue weighted by Crippen LogP contribution is -2.17. The Bertz CT molecular complexity index is 774. The summed E-state index contributed by atoms with van der Waals surface area (Å²) in [6.07, 6.45) is 3.59. The maximum Gasteiger partial charge on any atom is 0.141 e. The number of hydrogen-bond acceptors (Lipinski definition) is 3. The minimum absolute atomic E-state index is 0.195. The van der Waals surface area contributed by atoms with Crippen molar-refractivity contribution in [2.45, 2.75) is 26.8 Å². The van der Waals surface area contributed by atoms with Crippen LogP contribution >= 0.6 is 0 Å². The molecule has 0 aliphatic rings. The first-order chi connectivity index (χ1) is 10.1. The molecule has 1 atom stereocenters. The maximum absolute atomic E-state index is 5.91. The molecule has 0 saturated heterocycles. The highest BCUT2D eigenvalue weighted by Gasteiger charge is 2.17. The second-order valence-corrected chi connectivity index (χ2v) is 5.55. The van der Waals surface area contributed by atoms with E-state index < -0.39 is 0 Å². The predicted molar refractivity (Wildman–Crippen MR) is 86.2 cm³/mol. The van der Waals surface area contributed by atoms with Crippen molar-refractivity contribution >= 4 is 11.0 Å². The van der Waals surface area contributed by atoms with Crippen LogP contribution in [0.15, 0.2) is 36.7 Å². The minimum atomic E-state index is 0.195. The predicted octanol–water partition coefficient (Wildman–Crippen LogP) is 3.23. The number of nitrogens with two attached hydrogens (primary N) is 1. The van der Waals surface area contributed by atoms with Crippen molar-refractivity contribution in [1.29, 1.82) is 0 Å². The molecule has 1 aromatic carbocycles. The van der Waals surface area contributed by atoms with Crippen LogP contribution in [0.25, 0.3) is 22.4 Å². The molecule has 108 valence electrons. The van der Waals surface area contributed by atoms with E-state index in [1.54, 1.807) is 12.4 Å². The van der Waals surface area contributed by atoms with Crippen LogP contribution in [-0.4, -0.2) is 21.1 Å². The normalized spacial score (nSPS) is 12.8. The van der Waals surface area contributed by atoms with E-state index in [0.717, 1.165) is 22.4 Å². The number of benzene rings is 1. The van der Waals surface area contributed by atoms with Crippen molar-refractivity contribution in [2.75, 3.05) is 6.54 Å². The molecule has 3 aromatic rings. The van der Waals surface area contributed by atoms with E-state index >= 15 is 0 Å². The van der Waals surface area contributed by atoms with Gasteiger partial charge in [0.2, 0.25) is 0 Å². The minimum Gasteiger partial charge on any atom is -0.328 e. The van der Waals surface area contributed by atoms with Gasteiger partial charge in [-0.2, -0.15) is 0 Å². The molecule has 2 heterocycles. The Hall–Kier alpha value is -2.20. The molecule has 3 rings (SSSR count). The third-order valence-electron chi connectivity index (χ3n) is 4.03. The quantitative estimate of drug-likeness (QED) is 0.801. The van der Waals surface area contributed by atoms with Gasteiger partial charge in [-0.25, -0.2) is 4.98 Å². The first kappa shape index (κ1) is 13.8. The molecule has 0 amide bonds. The molecule has 4 heteroatoms. The summed E-state index contributed by atoms with van der Waals surface area (Å²) in [6.45, 7) is 6.95. The van der Waals surface area contributed by atoms with E-state index in [-0.39, 0.29) is 6.04 Å². The van der Waals surface area contributed by atoms with E-state index in [0.29, 0.717) is 6.54 Å². The molecule has 0 radical (unpaired) electrons. The summed E-state index contributed by atoms with van der Waals surface area (Å²) in [5.41, 5.74) is 11.7. The molecule has 0 aliphatic carbocycles. The summed E-state index contributed by atoms with van der Waals surface area (Å²) >= 11 is 0. The zero-order valence-corrected chi connectivity index (χ0v) is 12.7. The Kier molecular flexibility index (Phi) is 3.47. The second kappa shape index (κ2) is 5.30. The lowest BCUT2D eigenvalue weighted by molar-refractivity contribution is 0.578. The van der Waals surface area contributed by atoms with Gasteiger partial charge < -0.3 is 10.3 Å². The van der Waals surface area contributed by atoms with Gasteiger partial charge in [0.05, 0.1) is 11.0 Å². The Balaban J connectivity index is 2.33. The number of pyridine rings is 1. The average Bonchev–Trinajstić information content (AvgIpc) is 2.86. The van der Waals surface area contributed by atoms with Gasteiger partial charge in [-0.15, -0.1) is 0 Å². The van der Waals surface area contributed by atoms with Crippen LogP contribution < -0.4 is 5.73 Å². The largest absolute Gasteiger partial charge is 0.328 e. The molecule has 4 nitrogen and oxygen atoms in total. The fourth-order valence-electron chi connectivity index (χ4n) is 2.61. The smallest absolute Gasteiger partial charge is 0.141 e. The van der Waals surface area contributed by atoms with Gasteiger partial charge in [-0.05, 0) is 56.2 Å². The van der Waals surface area contributed by atoms with Crippen LogP contribution in [0, 0.1) is 13.8 Å². The molecule has 0 bridgehead atoms. The van der Waals surface area contributed by atoms with E-state index in [1.165, 1.54) is 11.1 Å². The lowest BCUT2D eigenvalue weighted by Gasteiger charge is -2.16. The van der Waals surface area contributed by atoms with Crippen molar-refractivity contribution in [3.8, 4) is 11.4 Å². The molecule has 21 heavy (non-hydrogen) atoms. The van der Waals surface area contributed by atoms with Crippen molar-refractivity contribution in [3.63, 3.8) is 0 Å². The van der Waals surface area contributed by atoms with Crippen molar-refractivity contribution < 1.29 is 0 Å². The molecule has 2 N–H and O–H groups in total. The van der Waals surface area contributed by atoms with Gasteiger partial charge in [0, 0.05) is 30.5 Å². The number of fused-ring (bicyclic) bond motifs is 1. The van der Waals surface area contributed by atoms with E-state index in [2.05, 4.69) is 42.5 Å². The zero-order valence-electron chi connectivity index (χ0n) is 12.7. The van der Waals surface area contributed by atoms with Crippen molar-refractivity contribution in [2.24, 2.45) is 5.73 Å². The number of aryl methyl sites for hydroxylation is 2. The van der Waals surface area contributed by atoms with Gasteiger partial charge in [0.1, 0.15) is 5.82 Å². The fourth-order valence-corrected chi connectivity index (χ4v) is 2.61. The monoisotopic (exact) mass is 280 g/mol. The molecular weight excluding hydrogens is 260 g/mol. The number of hydrogen-bond donors (Lipinski definition) is 1. The number of nitrogens with zero attached hydrogens (tertiary/aromatic N) is 3. The van der Waals surface area contributed by atoms with Gasteiger partial charge in [-0.3, -0.25) is 4.98 Å². The van der Waals surface area contributed by atoms with Crippen LogP contribution in [0.2, 0.25) is 0 Å². The van der Waals surface area contributed by atoms with E-state index in [1.807, 2.05) is 12.1 Å². The van der Waals surface area contributed by atoms with Crippen LogP contribution in [0.5, 0.6) is 0 Å². The molecule has 0 saturated carbocycles. The molecule has 0 fully saturated rings. The molecular formula is C17H20N4. The third-order valence-corrected chi connectivity index (χ3v) is 4.03. The van der Waals surface area contributed by atoms with Gasteiger partial charge >= 0.3 is 0 Å². The number of aromatic nitrogens is 3. The number of imidazole rings is 1. The topological polar surface area (TPSA) is 56.7 Å². The summed E-state index contributed by atoms with van der Waals surface area (Å²) in [5, 5.41) is 0. The molecule has 0 aliphatic heterocycles. The molecule has 0 spiro atoms. The summed E-state index contributed by atoms with van der Waals surface area (Å²) in [4.78, 5) is 8.92. The first-order valence-corrected chi connectivity index (χ1v) is 7.21. The summed E-state index contributed by atoms with van der Waals surface area (Å²) in [5.74, 6) is 0.954. The van der Waals surface area contributed by atoms with Crippen LogP contribution in [-0.2, 0) is 0 Å². The Labute approximate surface area is 124 Å². The van der Waals surface area contributed by atoms with Crippen molar-refractivity contribution in [1.82, 2.24) is 14.5 Å². The van der Waals surface area contributed by atoms with E-state index in [9.17, 15) is 0 Å². The van der Waals surface area contributed by atoms with Crippen LogP contribution in [0.3, 0.4) is 0 Å². The van der Waals surface area contributed by atoms with Crippen molar-refractivity contribution in [3.05, 3.63) is 47.8 Å². The van der Waals surface area contributed by atoms with Gasteiger partial charge in [-0.1, -0.05) is 0 Å².